The van der Waals surface area contributed by atoms with Gasteiger partial charge in [-0.15, -0.1) is 0 Å². The van der Waals surface area contributed by atoms with Crippen molar-refractivity contribution in [2.45, 2.75) is 33.6 Å². The Bertz CT molecular complexity index is 602. The van der Waals surface area contributed by atoms with Crippen LogP contribution in [0.25, 0.3) is 11.5 Å². The average molecular weight is 273 g/mol. The number of esters is 1. The molecule has 0 saturated carbocycles. The molecule has 0 aliphatic rings. The highest BCUT2D eigenvalue weighted by Gasteiger charge is 2.15. The second-order valence-corrected chi connectivity index (χ2v) is 4.57. The predicted octanol–water partition coefficient (Wildman–Crippen LogP) is 3.78. The number of pyridine rings is 1. The molecule has 2 rings (SSSR count). The van der Waals surface area contributed by atoms with Crippen LogP contribution in [0.1, 0.15) is 42.1 Å². The van der Waals surface area contributed by atoms with Gasteiger partial charge in [0.1, 0.15) is 11.5 Å². The third-order valence-electron chi connectivity index (χ3n) is 2.95. The lowest BCUT2D eigenvalue weighted by Crippen LogP contribution is -2.10. The molecule has 0 aromatic carbocycles. The van der Waals surface area contributed by atoms with Crippen molar-refractivity contribution in [2.24, 2.45) is 0 Å². The summed E-state index contributed by atoms with van der Waals surface area (Å²) >= 11 is 0. The van der Waals surface area contributed by atoms with Gasteiger partial charge in [0.2, 0.25) is 0 Å². The minimum atomic E-state index is -0.314. The van der Waals surface area contributed by atoms with Crippen LogP contribution in [0.4, 0.5) is 0 Å². The largest absolute Gasteiger partial charge is 0.462 e. The predicted molar refractivity (Wildman–Crippen MR) is 76.6 cm³/mol. The monoisotopic (exact) mass is 273 g/mol. The van der Waals surface area contributed by atoms with Crippen LogP contribution in [0.2, 0.25) is 0 Å². The van der Waals surface area contributed by atoms with Crippen LogP contribution >= 0.6 is 0 Å². The maximum Gasteiger partial charge on any atom is 0.339 e. The third-order valence-corrected chi connectivity index (χ3v) is 2.95. The van der Waals surface area contributed by atoms with Gasteiger partial charge in [0.15, 0.2) is 5.76 Å². The van der Waals surface area contributed by atoms with Gasteiger partial charge in [0.25, 0.3) is 0 Å². The molecule has 0 saturated heterocycles. The highest BCUT2D eigenvalue weighted by Crippen LogP contribution is 2.22. The Labute approximate surface area is 118 Å². The minimum Gasteiger partial charge on any atom is -0.462 e. The molecule has 4 heteroatoms. The van der Waals surface area contributed by atoms with Crippen LogP contribution in [0.5, 0.6) is 0 Å². The molecule has 20 heavy (non-hydrogen) atoms. The van der Waals surface area contributed by atoms with Crippen LogP contribution < -0.4 is 0 Å². The topological polar surface area (TPSA) is 52.3 Å². The van der Waals surface area contributed by atoms with Crippen molar-refractivity contribution in [3.63, 3.8) is 0 Å². The fourth-order valence-corrected chi connectivity index (χ4v) is 2.03. The molecule has 4 nitrogen and oxygen atoms in total. The summed E-state index contributed by atoms with van der Waals surface area (Å²) < 4.78 is 10.6. The van der Waals surface area contributed by atoms with Gasteiger partial charge in [-0.05, 0) is 44.5 Å². The number of aromatic nitrogens is 1. The zero-order valence-electron chi connectivity index (χ0n) is 12.1. The molecule has 0 N–H and O–H groups in total. The molecule has 0 radical (unpaired) electrons. The Kier molecular flexibility index (Phi) is 4.56. The highest BCUT2D eigenvalue weighted by molar-refractivity contribution is 5.91. The van der Waals surface area contributed by atoms with E-state index in [1.165, 1.54) is 0 Å². The van der Waals surface area contributed by atoms with Gasteiger partial charge in [-0.3, -0.25) is 0 Å². The molecular weight excluding hydrogens is 254 g/mol. The van der Waals surface area contributed by atoms with Crippen molar-refractivity contribution in [2.75, 3.05) is 6.61 Å². The van der Waals surface area contributed by atoms with E-state index in [2.05, 4.69) is 11.9 Å². The first kappa shape index (κ1) is 14.3. The van der Waals surface area contributed by atoms with Crippen LogP contribution in [0.3, 0.4) is 0 Å². The molecule has 0 bridgehead atoms. The molecule has 0 amide bonds. The summed E-state index contributed by atoms with van der Waals surface area (Å²) in [7, 11) is 0. The fraction of sp³-hybridized carbons (Fsp3) is 0.375. The number of carbonyl (C=O) groups excluding carboxylic acids is 1. The maximum absolute atomic E-state index is 11.9. The second-order valence-electron chi connectivity index (χ2n) is 4.57. The smallest absolute Gasteiger partial charge is 0.339 e. The normalized spacial score (nSPS) is 10.6. The maximum atomic E-state index is 11.9. The molecule has 2 heterocycles. The number of hydrogen-bond donors (Lipinski definition) is 0. The molecule has 0 aliphatic carbocycles. The number of carbonyl (C=O) groups is 1. The Morgan fingerprint density at radius 2 is 2.05 bits per heavy atom. The quantitative estimate of drug-likeness (QED) is 0.778. The molecule has 0 unspecified atom stereocenters. The van der Waals surface area contributed by atoms with Crippen molar-refractivity contribution in [1.82, 2.24) is 4.98 Å². The van der Waals surface area contributed by atoms with Crippen molar-refractivity contribution in [1.29, 1.82) is 0 Å². The van der Waals surface area contributed by atoms with E-state index in [4.69, 9.17) is 9.15 Å². The molecule has 2 aromatic heterocycles. The SMILES string of the molecule is CCCc1nc(-c2ccc(C)o2)ccc1C(=O)OCC. The second kappa shape index (κ2) is 6.37. The summed E-state index contributed by atoms with van der Waals surface area (Å²) in [6.07, 6.45) is 1.65. The first-order valence-corrected chi connectivity index (χ1v) is 6.89. The Morgan fingerprint density at radius 3 is 2.65 bits per heavy atom. The highest BCUT2D eigenvalue weighted by atomic mass is 16.5. The van der Waals surface area contributed by atoms with Gasteiger partial charge in [0, 0.05) is 0 Å². The molecule has 2 aromatic rings. The number of ether oxygens (including phenoxy) is 1. The van der Waals surface area contributed by atoms with E-state index in [1.54, 1.807) is 19.1 Å². The van der Waals surface area contributed by atoms with Gasteiger partial charge < -0.3 is 9.15 Å². The van der Waals surface area contributed by atoms with Crippen molar-refractivity contribution in [3.8, 4) is 11.5 Å². The zero-order chi connectivity index (χ0) is 14.5. The van der Waals surface area contributed by atoms with Crippen LogP contribution in [-0.4, -0.2) is 17.6 Å². The standard InChI is InChI=1S/C16H19NO3/c1-4-6-13-12(16(18)19-5-2)8-9-14(17-13)15-10-7-11(3)20-15/h7-10H,4-6H2,1-3H3. The van der Waals surface area contributed by atoms with Crippen molar-refractivity contribution >= 4 is 5.97 Å². The number of nitrogens with zero attached hydrogens (tertiary/aromatic N) is 1. The molecule has 0 aliphatic heterocycles. The van der Waals surface area contributed by atoms with E-state index in [0.717, 1.165) is 35.7 Å². The number of furan rings is 1. The lowest BCUT2D eigenvalue weighted by atomic mass is 10.1. The van der Waals surface area contributed by atoms with Crippen LogP contribution in [-0.2, 0) is 11.2 Å². The Hall–Kier alpha value is -2.10. The zero-order valence-corrected chi connectivity index (χ0v) is 12.1. The van der Waals surface area contributed by atoms with Crippen molar-refractivity contribution < 1.29 is 13.9 Å². The summed E-state index contributed by atoms with van der Waals surface area (Å²) in [5.41, 5.74) is 2.05. The molecule has 0 spiro atoms. The summed E-state index contributed by atoms with van der Waals surface area (Å²) in [6.45, 7) is 6.11. The van der Waals surface area contributed by atoms with Crippen LogP contribution in [0.15, 0.2) is 28.7 Å². The Morgan fingerprint density at radius 1 is 1.25 bits per heavy atom. The van der Waals surface area contributed by atoms with Gasteiger partial charge in [-0.1, -0.05) is 13.3 Å². The van der Waals surface area contributed by atoms with Gasteiger partial charge in [-0.2, -0.15) is 0 Å². The van der Waals surface area contributed by atoms with Gasteiger partial charge >= 0.3 is 5.97 Å². The third kappa shape index (κ3) is 3.07. The van der Waals surface area contributed by atoms with E-state index in [0.29, 0.717) is 12.2 Å². The van der Waals surface area contributed by atoms with E-state index < -0.39 is 0 Å². The Balaban J connectivity index is 2.39. The number of rotatable bonds is 5. The van der Waals surface area contributed by atoms with Crippen LogP contribution in [0, 0.1) is 6.92 Å². The lowest BCUT2D eigenvalue weighted by Gasteiger charge is -2.08. The van der Waals surface area contributed by atoms with E-state index in [9.17, 15) is 4.79 Å². The minimum absolute atomic E-state index is 0.314. The summed E-state index contributed by atoms with van der Waals surface area (Å²) in [6, 6.07) is 7.35. The van der Waals surface area contributed by atoms with E-state index in [-0.39, 0.29) is 5.97 Å². The van der Waals surface area contributed by atoms with E-state index >= 15 is 0 Å². The number of aryl methyl sites for hydroxylation is 2. The summed E-state index contributed by atoms with van der Waals surface area (Å²) in [4.78, 5) is 16.5. The molecule has 0 atom stereocenters. The first-order chi connectivity index (χ1) is 9.65. The molecule has 106 valence electrons. The molecular formula is C16H19NO3. The van der Waals surface area contributed by atoms with Crippen molar-refractivity contribution in [3.05, 3.63) is 41.3 Å². The average Bonchev–Trinajstić information content (AvgIpc) is 2.86. The summed E-state index contributed by atoms with van der Waals surface area (Å²) in [5, 5.41) is 0. The summed E-state index contributed by atoms with van der Waals surface area (Å²) in [5.74, 6) is 1.24. The first-order valence-electron chi connectivity index (χ1n) is 6.89. The number of hydrogen-bond acceptors (Lipinski definition) is 4. The fourth-order valence-electron chi connectivity index (χ4n) is 2.03. The molecule has 0 fully saturated rings. The van der Waals surface area contributed by atoms with E-state index in [1.807, 2.05) is 19.1 Å². The van der Waals surface area contributed by atoms with Gasteiger partial charge in [-0.25, -0.2) is 9.78 Å². The van der Waals surface area contributed by atoms with Gasteiger partial charge in [0.05, 0.1) is 17.9 Å². The lowest BCUT2D eigenvalue weighted by molar-refractivity contribution is 0.0524.